The van der Waals surface area contributed by atoms with Crippen molar-refractivity contribution in [3.05, 3.63) is 10.0 Å². The van der Waals surface area contributed by atoms with Crippen molar-refractivity contribution in [2.75, 3.05) is 5.73 Å². The zero-order valence-corrected chi connectivity index (χ0v) is 15.2. The van der Waals surface area contributed by atoms with E-state index in [9.17, 15) is 0 Å². The second-order valence-electron chi connectivity index (χ2n) is 6.23. The number of anilines is 1. The highest BCUT2D eigenvalue weighted by Gasteiger charge is 2.55. The molecule has 4 atom stereocenters. The summed E-state index contributed by atoms with van der Waals surface area (Å²) < 4.78 is 20.7. The van der Waals surface area contributed by atoms with Gasteiger partial charge in [-0.2, -0.15) is 5.10 Å². The minimum absolute atomic E-state index is 0.0390. The molecule has 0 amide bonds. The Balaban J connectivity index is 1.81. The van der Waals surface area contributed by atoms with Crippen molar-refractivity contribution < 1.29 is 14.2 Å². The SMILES string of the molecule is CC[C@H]1O[C@@H](n2nc(I)c3c(N)ncnc32)[C@@H]2OC(C)(C)O[C@@H]21. The summed E-state index contributed by atoms with van der Waals surface area (Å²) in [6.45, 7) is 5.91. The molecule has 2 aliphatic rings. The lowest BCUT2D eigenvalue weighted by Crippen LogP contribution is -2.28. The van der Waals surface area contributed by atoms with E-state index >= 15 is 0 Å². The summed E-state index contributed by atoms with van der Waals surface area (Å²) >= 11 is 2.13. The van der Waals surface area contributed by atoms with Crippen LogP contribution in [0.2, 0.25) is 0 Å². The Hall–Kier alpha value is -1.04. The van der Waals surface area contributed by atoms with Crippen LogP contribution in [0.5, 0.6) is 0 Å². The Morgan fingerprint density at radius 1 is 1.30 bits per heavy atom. The summed E-state index contributed by atoms with van der Waals surface area (Å²) in [7, 11) is 0. The topological polar surface area (TPSA) is 97.3 Å². The van der Waals surface area contributed by atoms with E-state index in [0.717, 1.165) is 15.5 Å². The van der Waals surface area contributed by atoms with Gasteiger partial charge >= 0.3 is 0 Å². The average Bonchev–Trinajstić information content (AvgIpc) is 3.08. The third-order valence-electron chi connectivity index (χ3n) is 4.24. The van der Waals surface area contributed by atoms with Crippen LogP contribution in [0.25, 0.3) is 11.0 Å². The zero-order chi connectivity index (χ0) is 16.4. The van der Waals surface area contributed by atoms with Crippen LogP contribution in [0.1, 0.15) is 33.4 Å². The largest absolute Gasteiger partial charge is 0.383 e. The number of hydrogen-bond donors (Lipinski definition) is 1. The van der Waals surface area contributed by atoms with Crippen molar-refractivity contribution in [1.29, 1.82) is 0 Å². The average molecular weight is 431 g/mol. The molecule has 0 aromatic carbocycles. The fraction of sp³-hybridized carbons (Fsp3) is 0.643. The van der Waals surface area contributed by atoms with Gasteiger partial charge in [-0.05, 0) is 42.9 Å². The number of nitrogen functional groups attached to an aromatic ring is 1. The molecule has 0 spiro atoms. The van der Waals surface area contributed by atoms with E-state index in [4.69, 9.17) is 19.9 Å². The Bertz CT molecular complexity index is 764. The monoisotopic (exact) mass is 431 g/mol. The van der Waals surface area contributed by atoms with Crippen molar-refractivity contribution in [1.82, 2.24) is 19.7 Å². The molecule has 2 aromatic heterocycles. The molecular formula is C14H18IN5O3. The number of rotatable bonds is 2. The van der Waals surface area contributed by atoms with Crippen LogP contribution in [-0.2, 0) is 14.2 Å². The summed E-state index contributed by atoms with van der Waals surface area (Å²) in [5.41, 5.74) is 6.62. The fourth-order valence-corrected chi connectivity index (χ4v) is 4.06. The molecule has 124 valence electrons. The molecule has 2 aromatic rings. The molecule has 8 nitrogen and oxygen atoms in total. The third kappa shape index (κ3) is 2.32. The van der Waals surface area contributed by atoms with E-state index in [1.165, 1.54) is 6.33 Å². The number of nitrogens with two attached hydrogens (primary N) is 1. The van der Waals surface area contributed by atoms with Crippen LogP contribution in [0.4, 0.5) is 5.82 Å². The molecule has 2 N–H and O–H groups in total. The minimum Gasteiger partial charge on any atom is -0.383 e. The molecule has 9 heteroatoms. The second-order valence-corrected chi connectivity index (χ2v) is 7.25. The van der Waals surface area contributed by atoms with Crippen LogP contribution in [-0.4, -0.2) is 43.8 Å². The Morgan fingerprint density at radius 3 is 2.78 bits per heavy atom. The van der Waals surface area contributed by atoms with Gasteiger partial charge in [0.1, 0.15) is 28.1 Å². The summed E-state index contributed by atoms with van der Waals surface area (Å²) in [5.74, 6) is -0.217. The maximum absolute atomic E-state index is 6.16. The van der Waals surface area contributed by atoms with Crippen LogP contribution in [0.15, 0.2) is 6.33 Å². The molecule has 0 aliphatic carbocycles. The molecule has 0 saturated carbocycles. The lowest BCUT2D eigenvalue weighted by atomic mass is 10.1. The van der Waals surface area contributed by atoms with Crippen LogP contribution in [0, 0.1) is 3.70 Å². The van der Waals surface area contributed by atoms with Crippen molar-refractivity contribution in [3.8, 4) is 0 Å². The van der Waals surface area contributed by atoms with Crippen LogP contribution in [0.3, 0.4) is 0 Å². The van der Waals surface area contributed by atoms with Gasteiger partial charge in [0, 0.05) is 0 Å². The van der Waals surface area contributed by atoms with E-state index in [2.05, 4.69) is 44.6 Å². The normalized spacial score (nSPS) is 32.5. The van der Waals surface area contributed by atoms with Crippen molar-refractivity contribution in [3.63, 3.8) is 0 Å². The van der Waals surface area contributed by atoms with E-state index in [1.54, 1.807) is 4.68 Å². The highest BCUT2D eigenvalue weighted by molar-refractivity contribution is 14.1. The first kappa shape index (κ1) is 15.5. The van der Waals surface area contributed by atoms with Gasteiger partial charge in [0.25, 0.3) is 0 Å². The number of fused-ring (bicyclic) bond motifs is 2. The molecule has 2 saturated heterocycles. The van der Waals surface area contributed by atoms with E-state index in [0.29, 0.717) is 11.5 Å². The van der Waals surface area contributed by atoms with E-state index < -0.39 is 12.0 Å². The molecule has 4 heterocycles. The van der Waals surface area contributed by atoms with Crippen molar-refractivity contribution >= 4 is 39.4 Å². The Kier molecular flexibility index (Phi) is 3.52. The summed E-state index contributed by atoms with van der Waals surface area (Å²) in [4.78, 5) is 8.38. The van der Waals surface area contributed by atoms with Gasteiger partial charge in [0.05, 0.1) is 11.5 Å². The van der Waals surface area contributed by atoms with Gasteiger partial charge in [-0.25, -0.2) is 14.6 Å². The second kappa shape index (κ2) is 5.23. The predicted molar refractivity (Wildman–Crippen MR) is 90.5 cm³/mol. The van der Waals surface area contributed by atoms with Gasteiger partial charge in [0.2, 0.25) is 0 Å². The lowest BCUT2D eigenvalue weighted by molar-refractivity contribution is -0.197. The first-order valence-corrected chi connectivity index (χ1v) is 8.64. The summed E-state index contributed by atoms with van der Waals surface area (Å²) in [5, 5.41) is 5.31. The molecule has 0 radical (unpaired) electrons. The quantitative estimate of drug-likeness (QED) is 0.725. The van der Waals surface area contributed by atoms with E-state index in [-0.39, 0.29) is 18.3 Å². The number of ether oxygens (including phenoxy) is 3. The highest BCUT2D eigenvalue weighted by atomic mass is 127. The van der Waals surface area contributed by atoms with Gasteiger partial charge in [0.15, 0.2) is 17.7 Å². The molecule has 2 fully saturated rings. The highest BCUT2D eigenvalue weighted by Crippen LogP contribution is 2.44. The Morgan fingerprint density at radius 2 is 2.04 bits per heavy atom. The molecule has 4 rings (SSSR count). The molecule has 0 unspecified atom stereocenters. The standard InChI is InChI=1S/C14H18IN5O3/c1-4-6-8-9(23-14(2,3)22-8)13(21-6)20-12-7(10(15)19-20)11(16)17-5-18-12/h5-6,8-9,13H,4H2,1-3H3,(H2,16,17,18)/t6-,8-,9-,13-/m1/s1. The van der Waals surface area contributed by atoms with Gasteiger partial charge in [-0.15, -0.1) is 0 Å². The molecule has 0 bridgehead atoms. The maximum Gasteiger partial charge on any atom is 0.181 e. The van der Waals surface area contributed by atoms with Crippen LogP contribution < -0.4 is 5.73 Å². The van der Waals surface area contributed by atoms with Crippen molar-refractivity contribution in [2.45, 2.75) is 57.5 Å². The fourth-order valence-electron chi connectivity index (χ4n) is 3.31. The lowest BCUT2D eigenvalue weighted by Gasteiger charge is -2.24. The number of halogens is 1. The first-order valence-electron chi connectivity index (χ1n) is 7.56. The molecule has 2 aliphatic heterocycles. The molecular weight excluding hydrogens is 413 g/mol. The van der Waals surface area contributed by atoms with E-state index in [1.807, 2.05) is 13.8 Å². The minimum atomic E-state index is -0.630. The van der Waals surface area contributed by atoms with Gasteiger partial charge in [-0.3, -0.25) is 0 Å². The van der Waals surface area contributed by atoms with Crippen LogP contribution >= 0.6 is 22.6 Å². The summed E-state index contributed by atoms with van der Waals surface area (Å²) in [6.07, 6.45) is 1.49. The number of hydrogen-bond acceptors (Lipinski definition) is 7. The smallest absolute Gasteiger partial charge is 0.181 e. The third-order valence-corrected chi connectivity index (χ3v) is 5.00. The number of aromatic nitrogens is 4. The maximum atomic E-state index is 6.16. The van der Waals surface area contributed by atoms with Gasteiger partial charge < -0.3 is 19.9 Å². The Labute approximate surface area is 146 Å². The molecule has 23 heavy (non-hydrogen) atoms. The van der Waals surface area contributed by atoms with Crippen molar-refractivity contribution in [2.24, 2.45) is 0 Å². The zero-order valence-electron chi connectivity index (χ0n) is 13.1. The summed E-state index contributed by atoms with van der Waals surface area (Å²) in [6, 6.07) is 0. The first-order chi connectivity index (χ1) is 10.9. The predicted octanol–water partition coefficient (Wildman–Crippen LogP) is 1.84. The number of nitrogens with zero attached hydrogens (tertiary/aromatic N) is 4. The van der Waals surface area contributed by atoms with Gasteiger partial charge in [-0.1, -0.05) is 6.92 Å².